The summed E-state index contributed by atoms with van der Waals surface area (Å²) in [6, 6.07) is 5.43. The van der Waals surface area contributed by atoms with E-state index in [-0.39, 0.29) is 18.5 Å². The molecule has 23 heavy (non-hydrogen) atoms. The lowest BCUT2D eigenvalue weighted by Crippen LogP contribution is -2.32. The molecule has 0 aliphatic carbocycles. The first-order valence-corrected chi connectivity index (χ1v) is 8.07. The van der Waals surface area contributed by atoms with Crippen molar-refractivity contribution in [3.05, 3.63) is 27.7 Å². The third-order valence-electron chi connectivity index (χ3n) is 3.67. The number of amides is 1. The Balaban J connectivity index is 1.73. The van der Waals surface area contributed by atoms with E-state index in [0.717, 1.165) is 23.9 Å². The number of rotatable bonds is 4. The van der Waals surface area contributed by atoms with Gasteiger partial charge in [-0.25, -0.2) is 0 Å². The normalized spacial score (nSPS) is 19.5. The lowest BCUT2D eigenvalue weighted by molar-refractivity contribution is -0.117. The Labute approximate surface area is 142 Å². The Morgan fingerprint density at radius 1 is 1.43 bits per heavy atom. The molecule has 1 saturated heterocycles. The molecule has 2 heterocycles. The van der Waals surface area contributed by atoms with Gasteiger partial charge in [-0.2, -0.15) is 5.26 Å². The van der Waals surface area contributed by atoms with Crippen molar-refractivity contribution in [1.29, 1.82) is 5.26 Å². The number of nitrogens with zero attached hydrogens (tertiary/aromatic N) is 1. The first-order chi connectivity index (χ1) is 11.2. The highest BCUT2D eigenvalue weighted by Gasteiger charge is 2.19. The maximum atomic E-state index is 12.2. The molecule has 1 fully saturated rings. The quantitative estimate of drug-likeness (QED) is 0.642. The van der Waals surface area contributed by atoms with E-state index in [1.54, 1.807) is 12.1 Å². The molecule has 1 aromatic carbocycles. The summed E-state index contributed by atoms with van der Waals surface area (Å²) in [4.78, 5) is 12.2. The van der Waals surface area contributed by atoms with Gasteiger partial charge in [-0.05, 0) is 36.6 Å². The minimum atomic E-state index is -0.410. The first-order valence-electron chi connectivity index (χ1n) is 7.28. The zero-order valence-electron chi connectivity index (χ0n) is 12.3. The van der Waals surface area contributed by atoms with Gasteiger partial charge in [0.1, 0.15) is 11.6 Å². The largest absolute Gasteiger partial charge is 0.454 e. The molecule has 2 aliphatic rings. The average Bonchev–Trinajstić information content (AvgIpc) is 3.21. The highest BCUT2D eigenvalue weighted by Crippen LogP contribution is 2.37. The first kappa shape index (κ1) is 15.8. The van der Waals surface area contributed by atoms with Gasteiger partial charge in [0.15, 0.2) is 11.5 Å². The van der Waals surface area contributed by atoms with Gasteiger partial charge in [0.05, 0.1) is 6.10 Å². The number of hydrogen-bond acceptors (Lipinski definition) is 5. The van der Waals surface area contributed by atoms with Crippen molar-refractivity contribution < 1.29 is 19.0 Å². The van der Waals surface area contributed by atoms with Gasteiger partial charge in [-0.15, -0.1) is 0 Å². The van der Waals surface area contributed by atoms with Crippen LogP contribution in [-0.2, 0) is 9.53 Å². The standard InChI is InChI=1S/C16H15BrN2O4/c17-13-6-15-14(22-9-23-15)5-10(13)4-11(7-18)16(20)19-8-12-2-1-3-21-12/h4-6,12H,1-3,8-9H2,(H,19,20)/b11-4+/t12-/m0/s1. The fourth-order valence-electron chi connectivity index (χ4n) is 2.45. The highest BCUT2D eigenvalue weighted by molar-refractivity contribution is 9.10. The Morgan fingerprint density at radius 2 is 2.22 bits per heavy atom. The van der Waals surface area contributed by atoms with Crippen LogP contribution in [0, 0.1) is 11.3 Å². The van der Waals surface area contributed by atoms with Crippen LogP contribution >= 0.6 is 15.9 Å². The minimum Gasteiger partial charge on any atom is -0.454 e. The van der Waals surface area contributed by atoms with Crippen LogP contribution in [0.5, 0.6) is 11.5 Å². The maximum absolute atomic E-state index is 12.2. The van der Waals surface area contributed by atoms with Gasteiger partial charge >= 0.3 is 0 Å². The molecule has 0 aromatic heterocycles. The molecular formula is C16H15BrN2O4. The van der Waals surface area contributed by atoms with Gasteiger partial charge in [0, 0.05) is 17.6 Å². The fraction of sp³-hybridized carbons (Fsp3) is 0.375. The number of nitrogens with one attached hydrogen (secondary N) is 1. The predicted molar refractivity (Wildman–Crippen MR) is 85.8 cm³/mol. The van der Waals surface area contributed by atoms with Crippen molar-refractivity contribution in [3.8, 4) is 17.6 Å². The topological polar surface area (TPSA) is 80.6 Å². The van der Waals surface area contributed by atoms with E-state index in [1.807, 2.05) is 6.07 Å². The Morgan fingerprint density at radius 3 is 2.91 bits per heavy atom. The van der Waals surface area contributed by atoms with Crippen LogP contribution in [0.3, 0.4) is 0 Å². The van der Waals surface area contributed by atoms with Gasteiger partial charge in [0.2, 0.25) is 6.79 Å². The number of halogens is 1. The summed E-state index contributed by atoms with van der Waals surface area (Å²) >= 11 is 3.41. The van der Waals surface area contributed by atoms with E-state index in [2.05, 4.69) is 21.2 Å². The summed E-state index contributed by atoms with van der Waals surface area (Å²) in [6.45, 7) is 1.31. The van der Waals surface area contributed by atoms with E-state index >= 15 is 0 Å². The number of fused-ring (bicyclic) bond motifs is 1. The lowest BCUT2D eigenvalue weighted by atomic mass is 10.1. The summed E-state index contributed by atoms with van der Waals surface area (Å²) < 4.78 is 16.8. The van der Waals surface area contributed by atoms with E-state index in [4.69, 9.17) is 14.2 Å². The number of ether oxygens (including phenoxy) is 3. The molecule has 6 nitrogen and oxygen atoms in total. The van der Waals surface area contributed by atoms with Gasteiger partial charge in [-0.1, -0.05) is 15.9 Å². The van der Waals surface area contributed by atoms with Crippen LogP contribution in [0.2, 0.25) is 0 Å². The van der Waals surface area contributed by atoms with E-state index in [1.165, 1.54) is 6.08 Å². The summed E-state index contributed by atoms with van der Waals surface area (Å²) in [6.07, 6.45) is 3.50. The van der Waals surface area contributed by atoms with Crippen molar-refractivity contribution in [2.75, 3.05) is 19.9 Å². The molecule has 0 unspecified atom stereocenters. The summed E-state index contributed by atoms with van der Waals surface area (Å²) in [5.41, 5.74) is 0.709. The van der Waals surface area contributed by atoms with E-state index in [9.17, 15) is 10.1 Å². The molecule has 2 aliphatic heterocycles. The summed E-state index contributed by atoms with van der Waals surface area (Å²) in [5.74, 6) is 0.819. The molecule has 0 spiro atoms. The van der Waals surface area contributed by atoms with Crippen LogP contribution < -0.4 is 14.8 Å². The zero-order chi connectivity index (χ0) is 16.2. The maximum Gasteiger partial charge on any atom is 0.262 e. The van der Waals surface area contributed by atoms with Gasteiger partial charge in [0.25, 0.3) is 5.91 Å². The Hall–Kier alpha value is -2.04. The average molecular weight is 379 g/mol. The SMILES string of the molecule is N#C/C(=C\c1cc2c(cc1Br)OCO2)C(=O)NC[C@@H]1CCCO1. The Kier molecular flexibility index (Phi) is 4.84. The van der Waals surface area contributed by atoms with Gasteiger partial charge in [-0.3, -0.25) is 4.79 Å². The van der Waals surface area contributed by atoms with Crippen LogP contribution in [0.4, 0.5) is 0 Å². The van der Waals surface area contributed by atoms with Crippen molar-refractivity contribution in [1.82, 2.24) is 5.32 Å². The molecule has 120 valence electrons. The number of carbonyl (C=O) groups is 1. The minimum absolute atomic E-state index is 0.0302. The molecule has 7 heteroatoms. The summed E-state index contributed by atoms with van der Waals surface area (Å²) in [5, 5.41) is 12.0. The number of benzene rings is 1. The van der Waals surface area contributed by atoms with Crippen molar-refractivity contribution >= 4 is 27.9 Å². The monoisotopic (exact) mass is 378 g/mol. The van der Waals surface area contributed by atoms with Crippen molar-refractivity contribution in [3.63, 3.8) is 0 Å². The number of hydrogen-bond donors (Lipinski definition) is 1. The zero-order valence-corrected chi connectivity index (χ0v) is 13.9. The number of carbonyl (C=O) groups excluding carboxylic acids is 1. The van der Waals surface area contributed by atoms with Gasteiger partial charge < -0.3 is 19.5 Å². The fourth-order valence-corrected chi connectivity index (χ4v) is 2.89. The highest BCUT2D eigenvalue weighted by atomic mass is 79.9. The van der Waals surface area contributed by atoms with E-state index < -0.39 is 5.91 Å². The molecule has 1 amide bonds. The lowest BCUT2D eigenvalue weighted by Gasteiger charge is -2.10. The molecule has 0 radical (unpaired) electrons. The smallest absolute Gasteiger partial charge is 0.262 e. The second-order valence-corrected chi connectivity index (χ2v) is 6.10. The second-order valence-electron chi connectivity index (χ2n) is 5.24. The molecule has 0 bridgehead atoms. The molecule has 3 rings (SSSR count). The molecular weight excluding hydrogens is 364 g/mol. The van der Waals surface area contributed by atoms with E-state index in [0.29, 0.717) is 23.6 Å². The molecule has 1 atom stereocenters. The van der Waals surface area contributed by atoms with Crippen LogP contribution in [-0.4, -0.2) is 32.0 Å². The Bertz CT molecular complexity index is 690. The predicted octanol–water partition coefficient (Wildman–Crippen LogP) is 2.38. The van der Waals surface area contributed by atoms with Crippen LogP contribution in [0.1, 0.15) is 18.4 Å². The molecule has 0 saturated carbocycles. The molecule has 1 aromatic rings. The molecule has 1 N–H and O–H groups in total. The van der Waals surface area contributed by atoms with Crippen molar-refractivity contribution in [2.24, 2.45) is 0 Å². The third kappa shape index (κ3) is 3.66. The number of nitriles is 1. The third-order valence-corrected chi connectivity index (χ3v) is 4.36. The summed E-state index contributed by atoms with van der Waals surface area (Å²) in [7, 11) is 0. The van der Waals surface area contributed by atoms with Crippen LogP contribution in [0.15, 0.2) is 22.2 Å². The van der Waals surface area contributed by atoms with Crippen molar-refractivity contribution in [2.45, 2.75) is 18.9 Å². The van der Waals surface area contributed by atoms with Crippen LogP contribution in [0.25, 0.3) is 6.08 Å². The second kappa shape index (κ2) is 7.02.